The Morgan fingerprint density at radius 1 is 1.28 bits per heavy atom. The maximum Gasteiger partial charge on any atom is 0.222 e. The largest absolute Gasteiger partial charge is 0.367 e. The summed E-state index contributed by atoms with van der Waals surface area (Å²) >= 11 is 3.62. The van der Waals surface area contributed by atoms with Gasteiger partial charge in [-0.25, -0.2) is 0 Å². The quantitative estimate of drug-likeness (QED) is 0.838. The van der Waals surface area contributed by atoms with Crippen LogP contribution in [0, 0.1) is 6.92 Å². The molecule has 3 nitrogen and oxygen atoms in total. The lowest BCUT2D eigenvalue weighted by Gasteiger charge is -2.36. The van der Waals surface area contributed by atoms with Crippen LogP contribution in [0.4, 0.5) is 5.69 Å². The lowest BCUT2D eigenvalue weighted by molar-refractivity contribution is -0.131. The molecule has 1 aromatic rings. The zero-order valence-electron chi connectivity index (χ0n) is 10.9. The molecule has 1 saturated heterocycles. The van der Waals surface area contributed by atoms with E-state index in [2.05, 4.69) is 46.0 Å². The Morgan fingerprint density at radius 2 is 1.94 bits per heavy atom. The molecule has 0 N–H and O–H groups in total. The Hall–Kier alpha value is -1.03. The molecule has 0 bridgehead atoms. The van der Waals surface area contributed by atoms with Gasteiger partial charge in [0, 0.05) is 37.1 Å². The van der Waals surface area contributed by atoms with E-state index in [-0.39, 0.29) is 5.91 Å². The van der Waals surface area contributed by atoms with Crippen LogP contribution >= 0.6 is 15.9 Å². The molecule has 4 heteroatoms. The van der Waals surface area contributed by atoms with Crippen LogP contribution in [-0.2, 0) is 4.79 Å². The van der Waals surface area contributed by atoms with E-state index in [9.17, 15) is 4.79 Å². The highest BCUT2D eigenvalue weighted by molar-refractivity contribution is 9.10. The van der Waals surface area contributed by atoms with Crippen molar-refractivity contribution >= 4 is 27.5 Å². The Balaban J connectivity index is 2.03. The predicted molar refractivity (Wildman–Crippen MR) is 78.0 cm³/mol. The maximum absolute atomic E-state index is 11.6. The summed E-state index contributed by atoms with van der Waals surface area (Å²) < 4.78 is 1.14. The number of carbonyl (C=O) groups excluding carboxylic acids is 1. The molecule has 0 saturated carbocycles. The van der Waals surface area contributed by atoms with Crippen LogP contribution in [0.1, 0.15) is 18.9 Å². The highest BCUT2D eigenvalue weighted by Gasteiger charge is 2.21. The van der Waals surface area contributed by atoms with Crippen LogP contribution < -0.4 is 4.90 Å². The molecule has 1 heterocycles. The number of hydrogen-bond acceptors (Lipinski definition) is 2. The molecule has 1 aromatic carbocycles. The second kappa shape index (κ2) is 5.74. The zero-order valence-corrected chi connectivity index (χ0v) is 12.5. The lowest BCUT2D eigenvalue weighted by Crippen LogP contribution is -2.48. The summed E-state index contributed by atoms with van der Waals surface area (Å²) in [7, 11) is 0. The summed E-state index contributed by atoms with van der Waals surface area (Å²) in [6, 6.07) is 6.42. The van der Waals surface area contributed by atoms with E-state index in [1.807, 2.05) is 11.8 Å². The molecular formula is C14H19BrN2O. The Kier molecular flexibility index (Phi) is 4.27. The predicted octanol–water partition coefficient (Wildman–Crippen LogP) is 2.82. The molecule has 0 aliphatic carbocycles. The van der Waals surface area contributed by atoms with E-state index in [1.54, 1.807) is 0 Å². The van der Waals surface area contributed by atoms with Crippen molar-refractivity contribution in [3.8, 4) is 0 Å². The number of amides is 1. The van der Waals surface area contributed by atoms with Gasteiger partial charge in [0.05, 0.1) is 5.69 Å². The lowest BCUT2D eigenvalue weighted by atomic mass is 10.2. The van der Waals surface area contributed by atoms with Gasteiger partial charge < -0.3 is 9.80 Å². The summed E-state index contributed by atoms with van der Waals surface area (Å²) in [5.74, 6) is 0.262. The minimum atomic E-state index is 0.262. The SMILES string of the molecule is CCC(=O)N1CCN(c2ccc(C)cc2Br)CC1. The first-order valence-corrected chi connectivity index (χ1v) is 7.20. The van der Waals surface area contributed by atoms with E-state index >= 15 is 0 Å². The van der Waals surface area contributed by atoms with Gasteiger partial charge in [-0.1, -0.05) is 13.0 Å². The molecule has 0 unspecified atom stereocenters. The van der Waals surface area contributed by atoms with E-state index in [4.69, 9.17) is 0 Å². The summed E-state index contributed by atoms with van der Waals surface area (Å²) in [6.07, 6.45) is 0.605. The molecule has 0 aromatic heterocycles. The third-order valence-electron chi connectivity index (χ3n) is 3.38. The average molecular weight is 311 g/mol. The van der Waals surface area contributed by atoms with Gasteiger partial charge in [0.1, 0.15) is 0 Å². The van der Waals surface area contributed by atoms with Crippen molar-refractivity contribution in [3.05, 3.63) is 28.2 Å². The fourth-order valence-corrected chi connectivity index (χ4v) is 3.03. The molecule has 1 aliphatic rings. The summed E-state index contributed by atoms with van der Waals surface area (Å²) in [5, 5.41) is 0. The number of hydrogen-bond donors (Lipinski definition) is 0. The van der Waals surface area contributed by atoms with Gasteiger partial charge in [0.25, 0.3) is 0 Å². The standard InChI is InChI=1S/C14H19BrN2O/c1-3-14(18)17-8-6-16(7-9-17)13-5-4-11(2)10-12(13)15/h4-5,10H,3,6-9H2,1-2H3. The second-order valence-electron chi connectivity index (χ2n) is 4.68. The minimum Gasteiger partial charge on any atom is -0.367 e. The van der Waals surface area contributed by atoms with Crippen LogP contribution in [0.15, 0.2) is 22.7 Å². The Labute approximate surface area is 117 Å². The van der Waals surface area contributed by atoms with E-state index < -0.39 is 0 Å². The number of nitrogens with zero attached hydrogens (tertiary/aromatic N) is 2. The second-order valence-corrected chi connectivity index (χ2v) is 5.53. The molecule has 98 valence electrons. The number of rotatable bonds is 2. The van der Waals surface area contributed by atoms with Gasteiger partial charge in [-0.05, 0) is 40.5 Å². The number of carbonyl (C=O) groups is 1. The van der Waals surface area contributed by atoms with Crippen molar-refractivity contribution in [2.24, 2.45) is 0 Å². The molecule has 0 spiro atoms. The van der Waals surface area contributed by atoms with E-state index in [0.29, 0.717) is 6.42 Å². The van der Waals surface area contributed by atoms with Crippen molar-refractivity contribution in [1.29, 1.82) is 0 Å². The number of benzene rings is 1. The molecule has 1 aliphatic heterocycles. The van der Waals surface area contributed by atoms with Crippen molar-refractivity contribution in [2.75, 3.05) is 31.1 Å². The first-order chi connectivity index (χ1) is 8.61. The van der Waals surface area contributed by atoms with Crippen LogP contribution in [-0.4, -0.2) is 37.0 Å². The van der Waals surface area contributed by atoms with Gasteiger partial charge in [0.15, 0.2) is 0 Å². The first kappa shape index (κ1) is 13.4. The monoisotopic (exact) mass is 310 g/mol. The van der Waals surface area contributed by atoms with Gasteiger partial charge >= 0.3 is 0 Å². The van der Waals surface area contributed by atoms with Crippen molar-refractivity contribution in [2.45, 2.75) is 20.3 Å². The maximum atomic E-state index is 11.6. The van der Waals surface area contributed by atoms with Gasteiger partial charge in [-0.2, -0.15) is 0 Å². The van der Waals surface area contributed by atoms with Gasteiger partial charge in [-0.15, -0.1) is 0 Å². The topological polar surface area (TPSA) is 23.6 Å². The number of aryl methyl sites for hydroxylation is 1. The first-order valence-electron chi connectivity index (χ1n) is 6.40. The summed E-state index contributed by atoms with van der Waals surface area (Å²) in [4.78, 5) is 15.9. The number of halogens is 1. The van der Waals surface area contributed by atoms with Crippen LogP contribution in [0.2, 0.25) is 0 Å². The normalized spacial score (nSPS) is 15.9. The van der Waals surface area contributed by atoms with Crippen LogP contribution in [0.5, 0.6) is 0 Å². The molecule has 1 fully saturated rings. The van der Waals surface area contributed by atoms with Crippen LogP contribution in [0.3, 0.4) is 0 Å². The van der Waals surface area contributed by atoms with Gasteiger partial charge in [-0.3, -0.25) is 4.79 Å². The highest BCUT2D eigenvalue weighted by atomic mass is 79.9. The van der Waals surface area contributed by atoms with Crippen molar-refractivity contribution in [3.63, 3.8) is 0 Å². The highest BCUT2D eigenvalue weighted by Crippen LogP contribution is 2.28. The van der Waals surface area contributed by atoms with E-state index in [1.165, 1.54) is 11.3 Å². The Bertz CT molecular complexity index is 439. The number of anilines is 1. The van der Waals surface area contributed by atoms with Crippen molar-refractivity contribution < 1.29 is 4.79 Å². The third-order valence-corrected chi connectivity index (χ3v) is 4.01. The molecule has 18 heavy (non-hydrogen) atoms. The fourth-order valence-electron chi connectivity index (χ4n) is 2.29. The molecule has 0 atom stereocenters. The summed E-state index contributed by atoms with van der Waals surface area (Å²) in [6.45, 7) is 7.48. The molecule has 2 rings (SSSR count). The smallest absolute Gasteiger partial charge is 0.222 e. The molecule has 1 amide bonds. The molecular weight excluding hydrogens is 292 g/mol. The Morgan fingerprint density at radius 3 is 2.50 bits per heavy atom. The average Bonchev–Trinajstić information content (AvgIpc) is 2.38. The summed E-state index contributed by atoms with van der Waals surface area (Å²) in [5.41, 5.74) is 2.48. The number of piperazine rings is 1. The minimum absolute atomic E-state index is 0.262. The zero-order chi connectivity index (χ0) is 13.1. The molecule has 0 radical (unpaired) electrons. The third kappa shape index (κ3) is 2.86. The van der Waals surface area contributed by atoms with Gasteiger partial charge in [0.2, 0.25) is 5.91 Å². The van der Waals surface area contributed by atoms with Crippen molar-refractivity contribution in [1.82, 2.24) is 4.90 Å². The fraction of sp³-hybridized carbons (Fsp3) is 0.500. The van der Waals surface area contributed by atoms with Crippen LogP contribution in [0.25, 0.3) is 0 Å². The van der Waals surface area contributed by atoms with E-state index in [0.717, 1.165) is 30.7 Å².